The molecule has 0 fully saturated rings. The summed E-state index contributed by atoms with van der Waals surface area (Å²) in [7, 11) is 0. The Bertz CT molecular complexity index is 2250. The van der Waals surface area contributed by atoms with Crippen LogP contribution in [0.4, 0.5) is 17.1 Å². The molecule has 6 aromatic rings. The van der Waals surface area contributed by atoms with Crippen LogP contribution in [0.3, 0.4) is 0 Å². The molecule has 266 valence electrons. The second kappa shape index (κ2) is 17.7. The fraction of sp³-hybridized carbons (Fsp3) is 0.273. The van der Waals surface area contributed by atoms with Gasteiger partial charge in [-0.1, -0.05) is 0 Å². The molecule has 6 rings (SSSR count). The van der Waals surface area contributed by atoms with E-state index in [1.165, 1.54) is 34.0 Å². The summed E-state index contributed by atoms with van der Waals surface area (Å²) in [6.07, 6.45) is -0.192. The Hall–Kier alpha value is -3.72. The Labute approximate surface area is 318 Å². The van der Waals surface area contributed by atoms with Gasteiger partial charge in [-0.25, -0.2) is 0 Å². The third-order valence-corrected chi connectivity index (χ3v) is 10.9. The number of rotatable bonds is 17. The molecule has 0 spiro atoms. The van der Waals surface area contributed by atoms with Crippen LogP contribution >= 0.6 is 70.7 Å². The number of anilines is 3. The number of ether oxygens (including phenoxy) is 3. The van der Waals surface area contributed by atoms with Crippen molar-refractivity contribution in [2.75, 3.05) is 49.0 Å². The third-order valence-electron chi connectivity index (χ3n) is 7.35. The molecular weight excluding hydrogens is 769 g/mol. The minimum absolute atomic E-state index is 0.0980. The smallest absolute Gasteiger partial charge is 0.226 e. The highest BCUT2D eigenvalue weighted by Gasteiger charge is 2.14. The zero-order valence-electron chi connectivity index (χ0n) is 26.8. The number of H-pyrrole nitrogens is 3. The number of carbonyl (C=O) groups excluding carboxylic acids is 3. The molecule has 3 amide bonds. The number of carbonyl (C=O) groups is 3. The van der Waals surface area contributed by atoms with Crippen molar-refractivity contribution in [2.45, 2.75) is 25.4 Å². The van der Waals surface area contributed by atoms with Gasteiger partial charge in [0.15, 0.2) is 11.9 Å². The molecule has 3 heterocycles. The maximum absolute atomic E-state index is 12.7. The number of benzene rings is 3. The van der Waals surface area contributed by atoms with Crippen molar-refractivity contribution in [2.24, 2.45) is 0 Å². The van der Waals surface area contributed by atoms with Crippen molar-refractivity contribution >= 4 is 136 Å². The highest BCUT2D eigenvalue weighted by Crippen LogP contribution is 2.25. The SMILES string of the molecule is O=C(CCOCC(COCCC(=O)Nc1ccc2[nH]c(=S)sc2c1)OCCC(=O)Nc1ccc2[nH]c(=S)sc2c1)Nc1ccc2[nH]c(=S)sc2c1. The second-order valence-corrected chi connectivity index (χ2v) is 16.4. The van der Waals surface area contributed by atoms with Crippen LogP contribution in [-0.4, -0.2) is 71.8 Å². The lowest BCUT2D eigenvalue weighted by molar-refractivity contribution is -0.121. The van der Waals surface area contributed by atoms with Gasteiger partial charge in [0, 0.05) is 17.1 Å². The van der Waals surface area contributed by atoms with E-state index in [1.807, 2.05) is 54.6 Å². The first kappa shape index (κ1) is 37.1. The minimum Gasteiger partial charge on any atom is -0.378 e. The van der Waals surface area contributed by atoms with Crippen molar-refractivity contribution in [1.29, 1.82) is 0 Å². The van der Waals surface area contributed by atoms with Gasteiger partial charge in [-0.2, -0.15) is 0 Å². The molecule has 12 nitrogen and oxygen atoms in total. The van der Waals surface area contributed by atoms with Gasteiger partial charge in [0.25, 0.3) is 0 Å². The van der Waals surface area contributed by atoms with E-state index in [-0.39, 0.29) is 70.0 Å². The molecule has 3 aromatic carbocycles. The standard InChI is InChI=1S/C33H32N6O6S6/c40-28(34-18-1-4-22-25(13-18)49-31(46)37-22)7-10-43-16-21(45-12-9-30(42)36-20-3-6-24-27(15-20)51-33(48)39-24)17-44-11-8-29(41)35-19-2-5-23-26(14-19)50-32(47)38-23/h1-6,13-15,21H,7-12,16-17H2,(H,34,40)(H,35,41)(H,36,42)(H,37,46)(H,38,47)(H,39,48). The van der Waals surface area contributed by atoms with Crippen molar-refractivity contribution in [3.05, 3.63) is 66.5 Å². The van der Waals surface area contributed by atoms with Crippen LogP contribution in [0.15, 0.2) is 54.6 Å². The van der Waals surface area contributed by atoms with Crippen LogP contribution in [0.1, 0.15) is 19.3 Å². The molecule has 6 N–H and O–H groups in total. The Morgan fingerprint density at radius 1 is 0.569 bits per heavy atom. The number of aromatic amines is 3. The molecule has 3 aromatic heterocycles. The van der Waals surface area contributed by atoms with Crippen LogP contribution in [-0.2, 0) is 28.6 Å². The zero-order chi connectivity index (χ0) is 35.7. The summed E-state index contributed by atoms with van der Waals surface area (Å²) in [6.45, 7) is 0.648. The fourth-order valence-corrected chi connectivity index (χ4v) is 8.43. The average Bonchev–Trinajstić information content (AvgIpc) is 3.77. The number of nitrogens with one attached hydrogen (secondary N) is 6. The predicted molar refractivity (Wildman–Crippen MR) is 212 cm³/mol. The summed E-state index contributed by atoms with van der Waals surface area (Å²) in [5.74, 6) is -0.616. The highest BCUT2D eigenvalue weighted by atomic mass is 32.2. The van der Waals surface area contributed by atoms with E-state index < -0.39 is 6.10 Å². The van der Waals surface area contributed by atoms with Crippen LogP contribution < -0.4 is 16.0 Å². The zero-order valence-corrected chi connectivity index (χ0v) is 31.7. The first-order valence-electron chi connectivity index (χ1n) is 15.7. The summed E-state index contributed by atoms with van der Waals surface area (Å²) in [4.78, 5) is 47.1. The van der Waals surface area contributed by atoms with Crippen molar-refractivity contribution in [3.8, 4) is 0 Å². The maximum atomic E-state index is 12.7. The molecule has 0 bridgehead atoms. The number of amides is 3. The van der Waals surface area contributed by atoms with Gasteiger partial charge in [-0.15, -0.1) is 34.0 Å². The van der Waals surface area contributed by atoms with Crippen LogP contribution in [0.5, 0.6) is 0 Å². The van der Waals surface area contributed by atoms with E-state index in [0.717, 1.165) is 30.6 Å². The normalized spacial score (nSPS) is 11.5. The van der Waals surface area contributed by atoms with Gasteiger partial charge in [-0.05, 0) is 91.3 Å². The van der Waals surface area contributed by atoms with Crippen molar-refractivity contribution < 1.29 is 28.6 Å². The van der Waals surface area contributed by atoms with E-state index in [9.17, 15) is 14.4 Å². The molecule has 0 radical (unpaired) electrons. The maximum Gasteiger partial charge on any atom is 0.226 e. The minimum atomic E-state index is -0.539. The molecule has 0 saturated heterocycles. The molecule has 51 heavy (non-hydrogen) atoms. The second-order valence-electron chi connectivity index (χ2n) is 11.2. The van der Waals surface area contributed by atoms with E-state index in [1.54, 1.807) is 0 Å². The molecule has 0 aliphatic heterocycles. The lowest BCUT2D eigenvalue weighted by atomic mass is 10.3. The Morgan fingerprint density at radius 3 is 1.29 bits per heavy atom. The summed E-state index contributed by atoms with van der Waals surface area (Å²) in [5, 5.41) is 8.64. The van der Waals surface area contributed by atoms with Gasteiger partial charge in [0.05, 0.1) is 82.9 Å². The largest absolute Gasteiger partial charge is 0.378 e. The first-order chi connectivity index (χ1) is 24.7. The lowest BCUT2D eigenvalue weighted by Crippen LogP contribution is -2.29. The Kier molecular flexibility index (Phi) is 12.8. The van der Waals surface area contributed by atoms with Crippen LogP contribution in [0.25, 0.3) is 30.6 Å². The number of hydrogen-bond donors (Lipinski definition) is 6. The van der Waals surface area contributed by atoms with Crippen LogP contribution in [0, 0.1) is 11.9 Å². The molecule has 0 atom stereocenters. The summed E-state index contributed by atoms with van der Waals surface area (Å²) in [5.41, 5.74) is 4.76. The molecule has 0 aliphatic carbocycles. The molecule has 0 unspecified atom stereocenters. The van der Waals surface area contributed by atoms with Gasteiger partial charge < -0.3 is 45.1 Å². The lowest BCUT2D eigenvalue weighted by Gasteiger charge is -2.18. The van der Waals surface area contributed by atoms with E-state index >= 15 is 0 Å². The van der Waals surface area contributed by atoms with E-state index in [2.05, 4.69) is 30.9 Å². The van der Waals surface area contributed by atoms with Crippen LogP contribution in [0.2, 0.25) is 0 Å². The molecule has 0 aliphatic rings. The van der Waals surface area contributed by atoms with E-state index in [4.69, 9.17) is 50.9 Å². The number of aromatic nitrogens is 3. The molecule has 18 heteroatoms. The third kappa shape index (κ3) is 10.9. The summed E-state index contributed by atoms with van der Waals surface area (Å²) in [6, 6.07) is 16.7. The number of hydrogen-bond acceptors (Lipinski definition) is 12. The van der Waals surface area contributed by atoms with Gasteiger partial charge in [0.2, 0.25) is 17.7 Å². The topological polar surface area (TPSA) is 162 Å². The van der Waals surface area contributed by atoms with Gasteiger partial charge in [-0.3, -0.25) is 14.4 Å². The fourth-order valence-electron chi connectivity index (χ4n) is 4.96. The van der Waals surface area contributed by atoms with Crippen molar-refractivity contribution in [1.82, 2.24) is 15.0 Å². The Morgan fingerprint density at radius 2 is 0.922 bits per heavy atom. The van der Waals surface area contributed by atoms with Crippen molar-refractivity contribution in [3.63, 3.8) is 0 Å². The van der Waals surface area contributed by atoms with Gasteiger partial charge >= 0.3 is 0 Å². The Balaban J connectivity index is 0.954. The predicted octanol–water partition coefficient (Wildman–Crippen LogP) is 8.31. The molecular formula is C33H32N6O6S6. The summed E-state index contributed by atoms with van der Waals surface area (Å²) < 4.78 is 22.4. The molecule has 0 saturated carbocycles. The number of fused-ring (bicyclic) bond motifs is 3. The first-order valence-corrected chi connectivity index (χ1v) is 19.4. The summed E-state index contributed by atoms with van der Waals surface area (Å²) >= 11 is 19.9. The highest BCUT2D eigenvalue weighted by molar-refractivity contribution is 7.74. The average molecular weight is 801 g/mol. The number of thiazole rings is 3. The quantitative estimate of drug-likeness (QED) is 0.0394. The van der Waals surface area contributed by atoms with Gasteiger partial charge in [0.1, 0.15) is 6.10 Å². The monoisotopic (exact) mass is 800 g/mol. The van der Waals surface area contributed by atoms with E-state index in [0.29, 0.717) is 28.9 Å².